The maximum absolute atomic E-state index is 5.41. The molecule has 44 valence electrons. The van der Waals surface area contributed by atoms with Crippen molar-refractivity contribution in [1.82, 2.24) is 4.41 Å². The molecular weight excluding hydrogens is 108 g/mol. The van der Waals surface area contributed by atoms with Crippen LogP contribution in [0.15, 0.2) is 0 Å². The first-order valence-electron chi connectivity index (χ1n) is 2.26. The molecule has 0 aromatic carbocycles. The van der Waals surface area contributed by atoms with E-state index in [0.29, 0.717) is 6.04 Å². The molecular formula is C4H12N2S. The molecule has 0 amide bonds. The number of rotatable bonds is 2. The Bertz CT molecular complexity index is 47.0. The highest BCUT2D eigenvalue weighted by Crippen LogP contribution is 2.01. The van der Waals surface area contributed by atoms with Crippen molar-refractivity contribution in [3.05, 3.63) is 0 Å². The third-order valence-electron chi connectivity index (χ3n) is 0.720. The van der Waals surface area contributed by atoms with Gasteiger partial charge < -0.3 is 0 Å². The molecule has 0 aliphatic heterocycles. The summed E-state index contributed by atoms with van der Waals surface area (Å²) in [6.07, 6.45) is 1.96. The molecule has 2 nitrogen and oxygen atoms in total. The van der Waals surface area contributed by atoms with Crippen LogP contribution in [0.5, 0.6) is 0 Å². The lowest BCUT2D eigenvalue weighted by Crippen LogP contribution is -2.29. The summed E-state index contributed by atoms with van der Waals surface area (Å²) in [5.41, 5.74) is 0. The van der Waals surface area contributed by atoms with Crippen LogP contribution in [0.4, 0.5) is 0 Å². The maximum atomic E-state index is 5.41. The molecule has 0 aromatic heterocycles. The Balaban J connectivity index is 3.14. The molecule has 0 heterocycles. The van der Waals surface area contributed by atoms with Gasteiger partial charge in [0.15, 0.2) is 0 Å². The normalized spacial score (nSPS) is 11.1. The van der Waals surface area contributed by atoms with Crippen LogP contribution in [0, 0.1) is 0 Å². The average Bonchev–Trinajstić information content (AvgIpc) is 1.65. The van der Waals surface area contributed by atoms with Gasteiger partial charge in [-0.2, -0.15) is 4.41 Å². The van der Waals surface area contributed by atoms with E-state index in [4.69, 9.17) is 5.84 Å². The van der Waals surface area contributed by atoms with Gasteiger partial charge in [-0.05, 0) is 20.1 Å². The molecule has 0 aliphatic carbocycles. The molecule has 0 aliphatic rings. The van der Waals surface area contributed by atoms with E-state index in [0.717, 1.165) is 0 Å². The fourth-order valence-electron chi connectivity index (χ4n) is 0.211. The lowest BCUT2D eigenvalue weighted by Gasteiger charge is -2.15. The Morgan fingerprint density at radius 2 is 2.00 bits per heavy atom. The molecule has 7 heavy (non-hydrogen) atoms. The van der Waals surface area contributed by atoms with Gasteiger partial charge in [-0.15, -0.1) is 0 Å². The monoisotopic (exact) mass is 120 g/mol. The van der Waals surface area contributed by atoms with Gasteiger partial charge in [-0.25, -0.2) is 0 Å². The number of hydrogen-bond acceptors (Lipinski definition) is 3. The highest BCUT2D eigenvalue weighted by Gasteiger charge is 1.97. The minimum absolute atomic E-state index is 0.440. The second-order valence-corrected chi connectivity index (χ2v) is 2.42. The highest BCUT2D eigenvalue weighted by molar-refractivity contribution is 7.96. The number of nitrogens with zero attached hydrogens (tertiary/aromatic N) is 1. The first kappa shape index (κ1) is 7.27. The maximum Gasteiger partial charge on any atom is 0.0298 e. The van der Waals surface area contributed by atoms with Crippen LogP contribution in [-0.4, -0.2) is 16.7 Å². The fraction of sp³-hybridized carbons (Fsp3) is 1.00. The molecule has 0 spiro atoms. The molecule has 3 heteroatoms. The van der Waals surface area contributed by atoms with Gasteiger partial charge in [-0.1, -0.05) is 11.9 Å². The van der Waals surface area contributed by atoms with E-state index in [-0.39, 0.29) is 0 Å². The number of hydrazine groups is 1. The Kier molecular flexibility index (Phi) is 3.42. The predicted octanol–water partition coefficient (Wildman–Crippen LogP) is 0.849. The Morgan fingerprint density at radius 3 is 2.00 bits per heavy atom. The van der Waals surface area contributed by atoms with Gasteiger partial charge in [0.25, 0.3) is 0 Å². The van der Waals surface area contributed by atoms with E-state index in [1.165, 1.54) is 0 Å². The van der Waals surface area contributed by atoms with E-state index in [9.17, 15) is 0 Å². The van der Waals surface area contributed by atoms with Crippen LogP contribution < -0.4 is 5.84 Å². The zero-order valence-corrected chi connectivity index (χ0v) is 5.83. The second kappa shape index (κ2) is 3.29. The van der Waals surface area contributed by atoms with Crippen molar-refractivity contribution in [2.24, 2.45) is 5.84 Å². The van der Waals surface area contributed by atoms with E-state index in [2.05, 4.69) is 13.8 Å². The van der Waals surface area contributed by atoms with Crippen LogP contribution in [0.1, 0.15) is 13.8 Å². The van der Waals surface area contributed by atoms with Crippen molar-refractivity contribution in [1.29, 1.82) is 0 Å². The van der Waals surface area contributed by atoms with Crippen molar-refractivity contribution < 1.29 is 0 Å². The molecule has 0 radical (unpaired) electrons. The van der Waals surface area contributed by atoms with Crippen LogP contribution >= 0.6 is 11.9 Å². The van der Waals surface area contributed by atoms with E-state index in [1.54, 1.807) is 16.4 Å². The summed E-state index contributed by atoms with van der Waals surface area (Å²) in [4.78, 5) is 0. The number of hydrogen-bond donors (Lipinski definition) is 1. The lowest BCUT2D eigenvalue weighted by molar-refractivity contribution is 0.415. The fourth-order valence-corrected chi connectivity index (χ4v) is 0.632. The van der Waals surface area contributed by atoms with E-state index >= 15 is 0 Å². The second-order valence-electron chi connectivity index (χ2n) is 1.64. The molecule has 0 bridgehead atoms. The Hall–Kier alpha value is 0.270. The SMILES string of the molecule is CSN(N)C(C)C. The van der Waals surface area contributed by atoms with Gasteiger partial charge in [0.05, 0.1) is 0 Å². The number of nitrogens with two attached hydrogens (primary N) is 1. The van der Waals surface area contributed by atoms with Crippen LogP contribution in [0.3, 0.4) is 0 Å². The summed E-state index contributed by atoms with van der Waals surface area (Å²) < 4.78 is 1.71. The molecule has 0 saturated heterocycles. The minimum atomic E-state index is 0.440. The molecule has 0 unspecified atom stereocenters. The lowest BCUT2D eigenvalue weighted by atomic mass is 10.4. The van der Waals surface area contributed by atoms with Crippen LogP contribution in [0.2, 0.25) is 0 Å². The summed E-state index contributed by atoms with van der Waals surface area (Å²) in [5, 5.41) is 0. The molecule has 2 N–H and O–H groups in total. The highest BCUT2D eigenvalue weighted by atomic mass is 32.2. The Labute approximate surface area is 49.2 Å². The first-order chi connectivity index (χ1) is 3.18. The van der Waals surface area contributed by atoms with Gasteiger partial charge >= 0.3 is 0 Å². The zero-order valence-electron chi connectivity index (χ0n) is 5.01. The van der Waals surface area contributed by atoms with Crippen LogP contribution in [0.25, 0.3) is 0 Å². The topological polar surface area (TPSA) is 29.3 Å². The van der Waals surface area contributed by atoms with Crippen molar-refractivity contribution in [2.75, 3.05) is 6.26 Å². The standard InChI is InChI=1S/C4H12N2S/c1-4(2)6(5)7-3/h4H,5H2,1-3H3. The summed E-state index contributed by atoms with van der Waals surface area (Å²) in [6, 6.07) is 0.440. The zero-order chi connectivity index (χ0) is 5.86. The van der Waals surface area contributed by atoms with Crippen molar-refractivity contribution in [2.45, 2.75) is 19.9 Å². The van der Waals surface area contributed by atoms with E-state index in [1.807, 2.05) is 6.26 Å². The quantitative estimate of drug-likeness (QED) is 0.333. The third-order valence-corrected chi connectivity index (χ3v) is 1.56. The average molecular weight is 120 g/mol. The van der Waals surface area contributed by atoms with Crippen molar-refractivity contribution in [3.8, 4) is 0 Å². The molecule has 0 aromatic rings. The minimum Gasteiger partial charge on any atom is -0.259 e. The summed E-state index contributed by atoms with van der Waals surface area (Å²) in [6.45, 7) is 4.10. The largest absolute Gasteiger partial charge is 0.259 e. The predicted molar refractivity (Wildman–Crippen MR) is 34.7 cm³/mol. The Morgan fingerprint density at radius 1 is 1.57 bits per heavy atom. The third kappa shape index (κ3) is 2.91. The summed E-state index contributed by atoms with van der Waals surface area (Å²) in [7, 11) is 0. The molecule has 0 rings (SSSR count). The summed E-state index contributed by atoms with van der Waals surface area (Å²) in [5.74, 6) is 5.41. The molecule has 0 fully saturated rings. The van der Waals surface area contributed by atoms with Crippen molar-refractivity contribution >= 4 is 11.9 Å². The van der Waals surface area contributed by atoms with Gasteiger partial charge in [0, 0.05) is 6.04 Å². The molecule has 0 saturated carbocycles. The van der Waals surface area contributed by atoms with Crippen LogP contribution in [-0.2, 0) is 0 Å². The smallest absolute Gasteiger partial charge is 0.0298 e. The van der Waals surface area contributed by atoms with Gasteiger partial charge in [0.1, 0.15) is 0 Å². The molecule has 0 atom stereocenters. The van der Waals surface area contributed by atoms with Gasteiger partial charge in [0.2, 0.25) is 0 Å². The summed E-state index contributed by atoms with van der Waals surface area (Å²) >= 11 is 1.54. The van der Waals surface area contributed by atoms with Gasteiger partial charge in [-0.3, -0.25) is 5.84 Å². The first-order valence-corrected chi connectivity index (χ1v) is 3.44. The van der Waals surface area contributed by atoms with E-state index < -0.39 is 0 Å². The van der Waals surface area contributed by atoms with Crippen molar-refractivity contribution in [3.63, 3.8) is 0 Å².